The van der Waals surface area contributed by atoms with Gasteiger partial charge in [-0.25, -0.2) is 4.98 Å². The van der Waals surface area contributed by atoms with Crippen molar-refractivity contribution in [2.24, 2.45) is 0 Å². The summed E-state index contributed by atoms with van der Waals surface area (Å²) in [5.74, 6) is 2.97. The van der Waals surface area contributed by atoms with Gasteiger partial charge in [0.2, 0.25) is 5.88 Å². The van der Waals surface area contributed by atoms with Crippen LogP contribution in [0.2, 0.25) is 0 Å². The fourth-order valence-electron chi connectivity index (χ4n) is 2.12. The monoisotopic (exact) mass is 349 g/mol. The molecular weight excluding hydrogens is 330 g/mol. The molecule has 1 aromatic carbocycles. The standard InChI is InChI=1S/C16H20BrN3O/c1-6-13-19-15(18-5)11(4)16(20-13)21-12-7-9(2)14(17)10(3)8-12/h7-8H,6H2,1-5H3,(H,18,19,20). The van der Waals surface area contributed by atoms with Crippen molar-refractivity contribution >= 4 is 21.7 Å². The first-order chi connectivity index (χ1) is 9.96. The highest BCUT2D eigenvalue weighted by molar-refractivity contribution is 9.10. The van der Waals surface area contributed by atoms with Gasteiger partial charge in [0.25, 0.3) is 0 Å². The molecule has 0 radical (unpaired) electrons. The summed E-state index contributed by atoms with van der Waals surface area (Å²) in [5.41, 5.74) is 3.19. The Labute approximate surface area is 134 Å². The van der Waals surface area contributed by atoms with Crippen LogP contribution in [0.1, 0.15) is 29.4 Å². The van der Waals surface area contributed by atoms with Gasteiger partial charge in [-0.05, 0) is 44.0 Å². The molecule has 2 aromatic rings. The molecule has 0 bridgehead atoms. The smallest absolute Gasteiger partial charge is 0.227 e. The fourth-order valence-corrected chi connectivity index (χ4v) is 2.35. The van der Waals surface area contributed by atoms with Gasteiger partial charge >= 0.3 is 0 Å². The van der Waals surface area contributed by atoms with Crippen molar-refractivity contribution < 1.29 is 4.74 Å². The first-order valence-electron chi connectivity index (χ1n) is 6.96. The number of halogens is 1. The minimum absolute atomic E-state index is 0.604. The van der Waals surface area contributed by atoms with Crippen LogP contribution in [-0.4, -0.2) is 17.0 Å². The van der Waals surface area contributed by atoms with Crippen LogP contribution in [0.5, 0.6) is 11.6 Å². The highest BCUT2D eigenvalue weighted by atomic mass is 79.9. The van der Waals surface area contributed by atoms with E-state index in [0.717, 1.165) is 45.0 Å². The lowest BCUT2D eigenvalue weighted by Crippen LogP contribution is -2.05. The zero-order valence-electron chi connectivity index (χ0n) is 13.0. The summed E-state index contributed by atoms with van der Waals surface area (Å²) >= 11 is 3.57. The Morgan fingerprint density at radius 2 is 1.76 bits per heavy atom. The Kier molecular flexibility index (Phi) is 4.83. The molecule has 0 atom stereocenters. The maximum atomic E-state index is 6.00. The minimum Gasteiger partial charge on any atom is -0.439 e. The van der Waals surface area contributed by atoms with Gasteiger partial charge in [0.05, 0.1) is 5.56 Å². The molecule has 0 fully saturated rings. The summed E-state index contributed by atoms with van der Waals surface area (Å²) < 4.78 is 7.11. The summed E-state index contributed by atoms with van der Waals surface area (Å²) in [6, 6.07) is 4.01. The van der Waals surface area contributed by atoms with Crippen LogP contribution >= 0.6 is 15.9 Å². The molecule has 0 saturated heterocycles. The molecule has 1 aromatic heterocycles. The lowest BCUT2D eigenvalue weighted by Gasteiger charge is -2.14. The van der Waals surface area contributed by atoms with Gasteiger partial charge in [-0.15, -0.1) is 0 Å². The van der Waals surface area contributed by atoms with Gasteiger partial charge in [0.15, 0.2) is 0 Å². The first kappa shape index (κ1) is 15.8. The Bertz CT molecular complexity index is 648. The van der Waals surface area contributed by atoms with Crippen molar-refractivity contribution in [2.75, 3.05) is 12.4 Å². The molecule has 0 aliphatic carbocycles. The second-order valence-electron chi connectivity index (χ2n) is 5.00. The maximum absolute atomic E-state index is 6.00. The number of ether oxygens (including phenoxy) is 1. The highest BCUT2D eigenvalue weighted by Crippen LogP contribution is 2.31. The summed E-state index contributed by atoms with van der Waals surface area (Å²) in [4.78, 5) is 8.94. The third-order valence-electron chi connectivity index (χ3n) is 3.32. The quantitative estimate of drug-likeness (QED) is 0.878. The largest absolute Gasteiger partial charge is 0.439 e. The van der Waals surface area contributed by atoms with Crippen LogP contribution < -0.4 is 10.1 Å². The molecule has 21 heavy (non-hydrogen) atoms. The fraction of sp³-hybridized carbons (Fsp3) is 0.375. The van der Waals surface area contributed by atoms with Crippen molar-refractivity contribution in [2.45, 2.75) is 34.1 Å². The van der Waals surface area contributed by atoms with Crippen molar-refractivity contribution in [1.82, 2.24) is 9.97 Å². The van der Waals surface area contributed by atoms with Crippen LogP contribution in [-0.2, 0) is 6.42 Å². The number of aromatic nitrogens is 2. The van der Waals surface area contributed by atoms with Gasteiger partial charge in [-0.1, -0.05) is 22.9 Å². The van der Waals surface area contributed by atoms with E-state index in [1.165, 1.54) is 0 Å². The van der Waals surface area contributed by atoms with Gasteiger partial charge in [0.1, 0.15) is 17.4 Å². The molecule has 4 nitrogen and oxygen atoms in total. The molecule has 112 valence electrons. The Balaban J connectivity index is 2.43. The Hall–Kier alpha value is -1.62. The minimum atomic E-state index is 0.604. The van der Waals surface area contributed by atoms with E-state index in [2.05, 4.69) is 31.2 Å². The Morgan fingerprint density at radius 1 is 1.14 bits per heavy atom. The summed E-state index contributed by atoms with van der Waals surface area (Å²) in [7, 11) is 1.85. The molecule has 5 heteroatoms. The van der Waals surface area contributed by atoms with Crippen LogP contribution in [0.3, 0.4) is 0 Å². The average Bonchev–Trinajstić information content (AvgIpc) is 2.46. The van der Waals surface area contributed by atoms with E-state index in [1.807, 2.05) is 46.9 Å². The maximum Gasteiger partial charge on any atom is 0.227 e. The first-order valence-corrected chi connectivity index (χ1v) is 7.75. The summed E-state index contributed by atoms with van der Waals surface area (Å²) in [6.45, 7) is 8.08. The molecule has 2 rings (SSSR count). The highest BCUT2D eigenvalue weighted by Gasteiger charge is 2.12. The molecule has 0 aliphatic heterocycles. The molecule has 0 aliphatic rings. The summed E-state index contributed by atoms with van der Waals surface area (Å²) in [5, 5.41) is 3.09. The van der Waals surface area contributed by atoms with Gasteiger partial charge < -0.3 is 10.1 Å². The molecule has 0 unspecified atom stereocenters. The van der Waals surface area contributed by atoms with Gasteiger partial charge in [-0.2, -0.15) is 4.98 Å². The van der Waals surface area contributed by atoms with Crippen molar-refractivity contribution in [3.05, 3.63) is 39.1 Å². The predicted octanol–water partition coefficient (Wildman–Crippen LogP) is 4.56. The van der Waals surface area contributed by atoms with Crippen LogP contribution in [0.4, 0.5) is 5.82 Å². The number of hydrogen-bond acceptors (Lipinski definition) is 4. The number of benzene rings is 1. The van der Waals surface area contributed by atoms with Gasteiger partial charge in [-0.3, -0.25) is 0 Å². The number of hydrogen-bond donors (Lipinski definition) is 1. The van der Waals surface area contributed by atoms with E-state index in [-0.39, 0.29) is 0 Å². The van der Waals surface area contributed by atoms with E-state index < -0.39 is 0 Å². The SMILES string of the molecule is CCc1nc(NC)c(C)c(Oc2cc(C)c(Br)c(C)c2)n1. The molecular formula is C16H20BrN3O. The lowest BCUT2D eigenvalue weighted by molar-refractivity contribution is 0.454. The normalized spacial score (nSPS) is 10.6. The summed E-state index contributed by atoms with van der Waals surface area (Å²) in [6.07, 6.45) is 0.768. The zero-order valence-corrected chi connectivity index (χ0v) is 14.6. The molecule has 0 spiro atoms. The molecule has 0 amide bonds. The molecule has 1 N–H and O–H groups in total. The number of nitrogens with one attached hydrogen (secondary N) is 1. The van der Waals surface area contributed by atoms with Crippen LogP contribution in [0, 0.1) is 20.8 Å². The predicted molar refractivity (Wildman–Crippen MR) is 89.4 cm³/mol. The lowest BCUT2D eigenvalue weighted by atomic mass is 10.1. The number of aryl methyl sites for hydroxylation is 3. The van der Waals surface area contributed by atoms with Crippen molar-refractivity contribution in [3.8, 4) is 11.6 Å². The van der Waals surface area contributed by atoms with Crippen molar-refractivity contribution in [3.63, 3.8) is 0 Å². The Morgan fingerprint density at radius 3 is 2.29 bits per heavy atom. The van der Waals surface area contributed by atoms with Gasteiger partial charge in [0, 0.05) is 17.9 Å². The third kappa shape index (κ3) is 3.35. The number of anilines is 1. The second-order valence-corrected chi connectivity index (χ2v) is 5.79. The van der Waals surface area contributed by atoms with E-state index >= 15 is 0 Å². The van der Waals surface area contributed by atoms with Crippen LogP contribution in [0.25, 0.3) is 0 Å². The topological polar surface area (TPSA) is 47.0 Å². The zero-order chi connectivity index (χ0) is 15.6. The molecule has 0 saturated carbocycles. The van der Waals surface area contributed by atoms with Crippen molar-refractivity contribution in [1.29, 1.82) is 0 Å². The third-order valence-corrected chi connectivity index (χ3v) is 4.58. The van der Waals surface area contributed by atoms with Crippen LogP contribution in [0.15, 0.2) is 16.6 Å². The second kappa shape index (κ2) is 6.43. The average molecular weight is 350 g/mol. The number of nitrogens with zero attached hydrogens (tertiary/aromatic N) is 2. The van der Waals surface area contributed by atoms with E-state index in [0.29, 0.717) is 5.88 Å². The molecule has 1 heterocycles. The van der Waals surface area contributed by atoms with E-state index in [1.54, 1.807) is 0 Å². The van der Waals surface area contributed by atoms with E-state index in [4.69, 9.17) is 4.74 Å². The number of rotatable bonds is 4. The van der Waals surface area contributed by atoms with E-state index in [9.17, 15) is 0 Å².